The molecule has 6 aromatic carbocycles. The van der Waals surface area contributed by atoms with Crippen LogP contribution in [-0.2, 0) is 0 Å². The molecule has 5 nitrogen and oxygen atoms in total. The summed E-state index contributed by atoms with van der Waals surface area (Å²) < 4.78 is 11.9. The first kappa shape index (κ1) is 33.2. The van der Waals surface area contributed by atoms with Crippen molar-refractivity contribution in [3.63, 3.8) is 0 Å². The highest BCUT2D eigenvalue weighted by molar-refractivity contribution is 7.26. The predicted octanol–water partition coefficient (Wildman–Crippen LogP) is 12.7. The average molecular weight is 757 g/mol. The number of rotatable bonds is 5. The normalized spacial score (nSPS) is 20.0. The van der Waals surface area contributed by atoms with Crippen molar-refractivity contribution in [1.29, 1.82) is 0 Å². The summed E-state index contributed by atoms with van der Waals surface area (Å²) in [5.74, 6) is 0. The molecular weight excluding hydrogens is 717 g/mol. The van der Waals surface area contributed by atoms with Crippen LogP contribution in [0.1, 0.15) is 37.4 Å². The minimum absolute atomic E-state index is 0.0415. The van der Waals surface area contributed by atoms with Crippen LogP contribution in [-0.4, -0.2) is 16.9 Å². The lowest BCUT2D eigenvalue weighted by molar-refractivity contribution is 0.240. The summed E-state index contributed by atoms with van der Waals surface area (Å²) in [6.45, 7) is 0. The van der Waals surface area contributed by atoms with Crippen molar-refractivity contribution in [2.45, 2.75) is 44.2 Å². The molecule has 0 amide bonds. The minimum Gasteiger partial charge on any atom is -0.455 e. The van der Waals surface area contributed by atoms with Crippen molar-refractivity contribution in [2.24, 2.45) is 0 Å². The highest BCUT2D eigenvalue weighted by Crippen LogP contribution is 2.46. The lowest BCUT2D eigenvalue weighted by atomic mass is 9.97. The molecule has 1 fully saturated rings. The fourth-order valence-electron chi connectivity index (χ4n) is 9.57. The van der Waals surface area contributed by atoms with Gasteiger partial charge in [0.2, 0.25) is 0 Å². The number of allylic oxidation sites excluding steroid dienone is 5. The molecule has 1 saturated heterocycles. The zero-order valence-corrected chi connectivity index (χ0v) is 32.2. The number of benzene rings is 6. The van der Waals surface area contributed by atoms with Crippen LogP contribution >= 0.6 is 11.3 Å². The van der Waals surface area contributed by atoms with Crippen LogP contribution < -0.4 is 16.0 Å². The molecule has 3 N–H and O–H groups in total. The van der Waals surface area contributed by atoms with E-state index in [0.717, 1.165) is 58.7 Å². The number of hydrogen-bond acceptors (Lipinski definition) is 5. The van der Waals surface area contributed by atoms with Gasteiger partial charge >= 0.3 is 0 Å². The second kappa shape index (κ2) is 13.3. The molecule has 0 bridgehead atoms. The van der Waals surface area contributed by atoms with Crippen LogP contribution in [0, 0.1) is 0 Å². The molecular formula is C51H40N4OS. The lowest BCUT2D eigenvalue weighted by Crippen LogP contribution is -2.64. The summed E-state index contributed by atoms with van der Waals surface area (Å²) in [5.41, 5.74) is 11.7. The molecule has 3 aromatic heterocycles. The first-order chi connectivity index (χ1) is 28.3. The van der Waals surface area contributed by atoms with Gasteiger partial charge in [0.1, 0.15) is 11.2 Å². The zero-order chi connectivity index (χ0) is 37.5. The average Bonchev–Trinajstić information content (AvgIpc) is 3.96. The van der Waals surface area contributed by atoms with Gasteiger partial charge in [-0.15, -0.1) is 11.3 Å². The Bertz CT molecular complexity index is 3150. The van der Waals surface area contributed by atoms with Crippen LogP contribution in [0.15, 0.2) is 173 Å². The maximum atomic E-state index is 6.94. The van der Waals surface area contributed by atoms with Crippen LogP contribution in [0.3, 0.4) is 0 Å². The van der Waals surface area contributed by atoms with E-state index in [1.807, 2.05) is 11.3 Å². The number of furan rings is 1. The number of nitrogens with one attached hydrogen (secondary N) is 3. The third kappa shape index (κ3) is 5.33. The van der Waals surface area contributed by atoms with E-state index in [1.165, 1.54) is 64.4 Å². The van der Waals surface area contributed by atoms with Gasteiger partial charge in [-0.05, 0) is 72.7 Å². The molecule has 2 aliphatic carbocycles. The maximum absolute atomic E-state index is 6.94. The van der Waals surface area contributed by atoms with Gasteiger partial charge in [0, 0.05) is 52.8 Å². The first-order valence-corrected chi connectivity index (χ1v) is 21.0. The SMILES string of the molecule is C1=CCCC(C2NC(C3=CCCC=C3)NC(c3ccc4c(c3)oc3c(-c5cccc6c5sc5cccc(-n7c8ccccc8c8ccccc87)c56)cccc34)N2)=C1. The number of fused-ring (bicyclic) bond motifs is 9. The Morgan fingerprint density at radius 3 is 2.18 bits per heavy atom. The summed E-state index contributed by atoms with van der Waals surface area (Å²) in [7, 11) is 0. The zero-order valence-electron chi connectivity index (χ0n) is 31.3. The summed E-state index contributed by atoms with van der Waals surface area (Å²) in [5, 5.41) is 19.0. The van der Waals surface area contributed by atoms with Gasteiger partial charge in [-0.2, -0.15) is 0 Å². The number of nitrogens with zero attached hydrogens (tertiary/aromatic N) is 1. The van der Waals surface area contributed by atoms with Crippen LogP contribution in [0.4, 0.5) is 0 Å². The largest absolute Gasteiger partial charge is 0.455 e. The van der Waals surface area contributed by atoms with E-state index >= 15 is 0 Å². The highest BCUT2D eigenvalue weighted by atomic mass is 32.1. The van der Waals surface area contributed by atoms with E-state index in [9.17, 15) is 0 Å². The van der Waals surface area contributed by atoms with Gasteiger partial charge < -0.3 is 8.98 Å². The van der Waals surface area contributed by atoms with Crippen LogP contribution in [0.5, 0.6) is 0 Å². The van der Waals surface area contributed by atoms with Crippen LogP contribution in [0.2, 0.25) is 0 Å². The van der Waals surface area contributed by atoms with E-state index in [2.05, 4.69) is 178 Å². The summed E-state index contributed by atoms with van der Waals surface area (Å²) >= 11 is 1.87. The topological polar surface area (TPSA) is 54.2 Å². The standard InChI is InChI=1S/C51H40N4OS/c1-3-14-31(15-4-1)49-52-50(32-16-5-2-6-17-32)54-51(53-49)33-28-29-36-37-20-11-21-38(47(37)56-44(36)30-33)39-22-12-23-40-46-43(26-13-27-45(46)57-48(39)40)55-41-24-9-7-18-34(41)35-19-8-10-25-42(35)55/h1,3,5,7-14,16-30,49-54H,2,4,6,15H2. The maximum Gasteiger partial charge on any atom is 0.143 e. The quantitative estimate of drug-likeness (QED) is 0.164. The van der Waals surface area contributed by atoms with Gasteiger partial charge in [-0.3, -0.25) is 16.0 Å². The highest BCUT2D eigenvalue weighted by Gasteiger charge is 2.32. The second-order valence-corrected chi connectivity index (χ2v) is 16.6. The van der Waals surface area contributed by atoms with Crippen molar-refractivity contribution < 1.29 is 4.42 Å². The first-order valence-electron chi connectivity index (χ1n) is 20.2. The number of thiophene rings is 1. The second-order valence-electron chi connectivity index (χ2n) is 15.5. The Balaban J connectivity index is 0.976. The van der Waals surface area contributed by atoms with Crippen LogP contribution in [0.25, 0.3) is 80.7 Å². The molecule has 0 spiro atoms. The molecule has 6 heteroatoms. The Labute approximate surface area is 334 Å². The van der Waals surface area contributed by atoms with E-state index in [-0.39, 0.29) is 18.5 Å². The molecule has 57 heavy (non-hydrogen) atoms. The van der Waals surface area contributed by atoms with E-state index in [0.29, 0.717) is 0 Å². The van der Waals surface area contributed by atoms with Gasteiger partial charge in [0.15, 0.2) is 0 Å². The summed E-state index contributed by atoms with van der Waals surface area (Å²) in [4.78, 5) is 0. The van der Waals surface area contributed by atoms with Crippen molar-refractivity contribution in [1.82, 2.24) is 20.5 Å². The monoisotopic (exact) mass is 756 g/mol. The van der Waals surface area contributed by atoms with Crippen molar-refractivity contribution in [2.75, 3.05) is 0 Å². The van der Waals surface area contributed by atoms with E-state index in [4.69, 9.17) is 4.42 Å². The molecule has 0 radical (unpaired) electrons. The Kier molecular flexibility index (Phi) is 7.73. The molecule has 12 rings (SSSR count). The predicted molar refractivity (Wildman–Crippen MR) is 239 cm³/mol. The van der Waals surface area contributed by atoms with Crippen molar-refractivity contribution >= 4 is 75.3 Å². The number of aromatic nitrogens is 1. The third-order valence-corrected chi connectivity index (χ3v) is 13.4. The fraction of sp³-hybridized carbons (Fsp3) is 0.137. The number of hydrogen-bond donors (Lipinski definition) is 3. The Morgan fingerprint density at radius 2 is 1.37 bits per heavy atom. The van der Waals surface area contributed by atoms with Crippen molar-refractivity contribution in [3.8, 4) is 16.8 Å². The molecule has 0 saturated carbocycles. The smallest absolute Gasteiger partial charge is 0.143 e. The molecule has 276 valence electrons. The van der Waals surface area contributed by atoms with Gasteiger partial charge in [0.25, 0.3) is 0 Å². The van der Waals surface area contributed by atoms with E-state index in [1.54, 1.807) is 0 Å². The fourth-order valence-corrected chi connectivity index (χ4v) is 10.8. The molecule has 4 heterocycles. The minimum atomic E-state index is -0.0580. The van der Waals surface area contributed by atoms with E-state index < -0.39 is 0 Å². The molecule has 3 aliphatic rings. The molecule has 3 unspecified atom stereocenters. The molecule has 3 atom stereocenters. The third-order valence-electron chi connectivity index (χ3n) is 12.2. The summed E-state index contributed by atoms with van der Waals surface area (Å²) in [6.07, 6.45) is 18.0. The van der Waals surface area contributed by atoms with Gasteiger partial charge in [-0.25, -0.2) is 0 Å². The Hall–Kier alpha value is -6.02. The summed E-state index contributed by atoms with van der Waals surface area (Å²) in [6, 6.07) is 44.4. The molecule has 1 aliphatic heterocycles. The van der Waals surface area contributed by atoms with Crippen molar-refractivity contribution in [3.05, 3.63) is 174 Å². The number of para-hydroxylation sites is 3. The van der Waals surface area contributed by atoms with Gasteiger partial charge in [-0.1, -0.05) is 127 Å². The van der Waals surface area contributed by atoms with Gasteiger partial charge in [0.05, 0.1) is 35.2 Å². The Morgan fingerprint density at radius 1 is 0.614 bits per heavy atom. The lowest BCUT2D eigenvalue weighted by Gasteiger charge is -2.41. The molecule has 9 aromatic rings.